The Balaban J connectivity index is 2.26. The van der Waals surface area contributed by atoms with Gasteiger partial charge in [0.2, 0.25) is 0 Å². The maximum absolute atomic E-state index is 12.8. The van der Waals surface area contributed by atoms with Gasteiger partial charge in [0.1, 0.15) is 6.23 Å². The van der Waals surface area contributed by atoms with Crippen molar-refractivity contribution in [3.63, 3.8) is 0 Å². The predicted octanol–water partition coefficient (Wildman–Crippen LogP) is 1.40. The van der Waals surface area contributed by atoms with Gasteiger partial charge in [0, 0.05) is 31.7 Å². The number of hydrogen-bond acceptors (Lipinski definition) is 3. The van der Waals surface area contributed by atoms with E-state index in [0.717, 1.165) is 6.07 Å². The van der Waals surface area contributed by atoms with E-state index in [1.807, 2.05) is 0 Å². The van der Waals surface area contributed by atoms with Crippen LogP contribution in [-0.2, 0) is 6.18 Å². The van der Waals surface area contributed by atoms with Gasteiger partial charge in [-0.05, 0) is 12.1 Å². The molecule has 1 unspecified atom stereocenters. The van der Waals surface area contributed by atoms with E-state index in [1.165, 1.54) is 12.1 Å². The molecule has 1 aliphatic heterocycles. The molecule has 0 bridgehead atoms. The Kier molecular flexibility index (Phi) is 3.89. The zero-order chi connectivity index (χ0) is 13.2. The average Bonchev–Trinajstić information content (AvgIpc) is 2.38. The molecule has 99 valence electrons. The lowest BCUT2D eigenvalue weighted by Gasteiger charge is -2.32. The lowest BCUT2D eigenvalue weighted by Crippen LogP contribution is -2.45. The van der Waals surface area contributed by atoms with Crippen LogP contribution < -0.4 is 5.32 Å². The van der Waals surface area contributed by atoms with Gasteiger partial charge in [-0.25, -0.2) is 0 Å². The lowest BCUT2D eigenvalue weighted by atomic mass is 10.0. The highest BCUT2D eigenvalue weighted by molar-refractivity contribution is 5.30. The van der Waals surface area contributed by atoms with Crippen molar-refractivity contribution >= 4 is 0 Å². The summed E-state index contributed by atoms with van der Waals surface area (Å²) in [7, 11) is 0. The molecule has 2 N–H and O–H groups in total. The summed E-state index contributed by atoms with van der Waals surface area (Å²) >= 11 is 0. The third kappa shape index (κ3) is 2.82. The Bertz CT molecular complexity index is 403. The Hall–Kier alpha value is -1.11. The number of benzene rings is 1. The topological polar surface area (TPSA) is 35.5 Å². The van der Waals surface area contributed by atoms with Crippen LogP contribution in [0.1, 0.15) is 17.4 Å². The van der Waals surface area contributed by atoms with E-state index in [4.69, 9.17) is 0 Å². The first-order valence-corrected chi connectivity index (χ1v) is 5.71. The zero-order valence-electron chi connectivity index (χ0n) is 9.67. The van der Waals surface area contributed by atoms with E-state index in [1.54, 1.807) is 4.90 Å². The smallest absolute Gasteiger partial charge is 0.374 e. The molecule has 0 saturated carbocycles. The minimum atomic E-state index is -4.47. The van der Waals surface area contributed by atoms with Crippen LogP contribution in [0.4, 0.5) is 13.2 Å². The summed E-state index contributed by atoms with van der Waals surface area (Å²) in [4.78, 5) is 1.61. The van der Waals surface area contributed by atoms with Crippen LogP contribution in [0.5, 0.6) is 0 Å². The van der Waals surface area contributed by atoms with E-state index in [0.29, 0.717) is 26.2 Å². The largest absolute Gasteiger partial charge is 0.416 e. The monoisotopic (exact) mass is 259 g/mol. The SMILES string of the molecule is OC(c1[c]cccc1C(F)(F)F)N1CCNCC1. The molecule has 0 aromatic heterocycles. The number of rotatable bonds is 2. The minimum absolute atomic E-state index is 0.202. The van der Waals surface area contributed by atoms with Crippen molar-refractivity contribution in [1.29, 1.82) is 0 Å². The lowest BCUT2D eigenvalue weighted by molar-refractivity contribution is -0.140. The number of nitrogens with one attached hydrogen (secondary N) is 1. The van der Waals surface area contributed by atoms with Crippen molar-refractivity contribution in [2.75, 3.05) is 26.2 Å². The fourth-order valence-electron chi connectivity index (χ4n) is 2.02. The molecule has 1 aromatic carbocycles. The molecule has 1 aliphatic rings. The fourth-order valence-corrected chi connectivity index (χ4v) is 2.02. The number of piperazine rings is 1. The number of hydrogen-bond donors (Lipinski definition) is 2. The molecule has 1 fully saturated rings. The van der Waals surface area contributed by atoms with Crippen LogP contribution in [0.25, 0.3) is 0 Å². The Morgan fingerprint density at radius 2 is 2.00 bits per heavy atom. The molecule has 1 saturated heterocycles. The maximum atomic E-state index is 12.8. The third-order valence-electron chi connectivity index (χ3n) is 2.95. The standard InChI is InChI=1S/C12H14F3N2O/c13-12(14,15)10-4-2-1-3-9(10)11(18)17-7-5-16-6-8-17/h1-2,4,11,16,18H,5-8H2. The van der Waals surface area contributed by atoms with Gasteiger partial charge in [-0.1, -0.05) is 12.1 Å². The number of halogens is 3. The maximum Gasteiger partial charge on any atom is 0.416 e. The van der Waals surface area contributed by atoms with E-state index in [2.05, 4.69) is 11.4 Å². The van der Waals surface area contributed by atoms with E-state index in [-0.39, 0.29) is 5.56 Å². The van der Waals surface area contributed by atoms with E-state index in [9.17, 15) is 18.3 Å². The Morgan fingerprint density at radius 3 is 2.61 bits per heavy atom. The number of aliphatic hydroxyl groups excluding tert-OH is 1. The number of alkyl halides is 3. The normalized spacial score (nSPS) is 19.8. The molecule has 0 spiro atoms. The van der Waals surface area contributed by atoms with E-state index < -0.39 is 18.0 Å². The van der Waals surface area contributed by atoms with Gasteiger partial charge in [-0.3, -0.25) is 4.90 Å². The number of aliphatic hydroxyl groups is 1. The van der Waals surface area contributed by atoms with Crippen molar-refractivity contribution < 1.29 is 18.3 Å². The second-order valence-corrected chi connectivity index (χ2v) is 4.15. The summed E-state index contributed by atoms with van der Waals surface area (Å²) in [5.74, 6) is 0. The first-order valence-electron chi connectivity index (χ1n) is 5.71. The third-order valence-corrected chi connectivity index (χ3v) is 2.95. The van der Waals surface area contributed by atoms with Crippen LogP contribution >= 0.6 is 0 Å². The summed E-state index contributed by atoms with van der Waals surface area (Å²) in [6.45, 7) is 2.35. The first kappa shape index (κ1) is 13.3. The molecule has 18 heavy (non-hydrogen) atoms. The molecule has 0 amide bonds. The molecule has 1 radical (unpaired) electrons. The highest BCUT2D eigenvalue weighted by atomic mass is 19.4. The van der Waals surface area contributed by atoms with Crippen LogP contribution in [0.3, 0.4) is 0 Å². The highest BCUT2D eigenvalue weighted by Gasteiger charge is 2.36. The van der Waals surface area contributed by atoms with Crippen LogP contribution in [0.2, 0.25) is 0 Å². The van der Waals surface area contributed by atoms with Crippen molar-refractivity contribution in [1.82, 2.24) is 10.2 Å². The van der Waals surface area contributed by atoms with Gasteiger partial charge in [0.25, 0.3) is 0 Å². The van der Waals surface area contributed by atoms with Gasteiger partial charge in [-0.15, -0.1) is 0 Å². The summed E-state index contributed by atoms with van der Waals surface area (Å²) in [5.41, 5.74) is -1.03. The summed E-state index contributed by atoms with van der Waals surface area (Å²) < 4.78 is 38.4. The van der Waals surface area contributed by atoms with Crippen LogP contribution in [0.15, 0.2) is 18.2 Å². The highest BCUT2D eigenvalue weighted by Crippen LogP contribution is 2.35. The molecule has 0 aliphatic carbocycles. The molecule has 6 heteroatoms. The van der Waals surface area contributed by atoms with Crippen LogP contribution in [0, 0.1) is 6.07 Å². The molecule has 1 heterocycles. The predicted molar refractivity (Wildman–Crippen MR) is 59.7 cm³/mol. The van der Waals surface area contributed by atoms with Crippen molar-refractivity contribution in [3.05, 3.63) is 35.4 Å². The average molecular weight is 259 g/mol. The van der Waals surface area contributed by atoms with Crippen molar-refractivity contribution in [2.45, 2.75) is 12.4 Å². The second-order valence-electron chi connectivity index (χ2n) is 4.15. The fraction of sp³-hybridized carbons (Fsp3) is 0.500. The Labute approximate surface area is 103 Å². The van der Waals surface area contributed by atoms with Crippen LogP contribution in [-0.4, -0.2) is 36.2 Å². The summed E-state index contributed by atoms with van der Waals surface area (Å²) in [6.07, 6.45) is -5.73. The Morgan fingerprint density at radius 1 is 1.33 bits per heavy atom. The first-order chi connectivity index (χ1) is 8.50. The molecule has 3 nitrogen and oxygen atoms in total. The van der Waals surface area contributed by atoms with Crippen molar-refractivity contribution in [3.8, 4) is 0 Å². The van der Waals surface area contributed by atoms with Gasteiger partial charge in [0.05, 0.1) is 5.56 Å². The van der Waals surface area contributed by atoms with Gasteiger partial charge < -0.3 is 10.4 Å². The quantitative estimate of drug-likeness (QED) is 0.842. The molecular weight excluding hydrogens is 245 g/mol. The van der Waals surface area contributed by atoms with Gasteiger partial charge >= 0.3 is 6.18 Å². The van der Waals surface area contributed by atoms with Gasteiger partial charge in [-0.2, -0.15) is 13.2 Å². The van der Waals surface area contributed by atoms with Crippen molar-refractivity contribution in [2.24, 2.45) is 0 Å². The van der Waals surface area contributed by atoms with E-state index >= 15 is 0 Å². The molecular formula is C12H14F3N2O. The molecule has 2 rings (SSSR count). The number of nitrogens with zero attached hydrogens (tertiary/aromatic N) is 1. The zero-order valence-corrected chi connectivity index (χ0v) is 9.67. The summed E-state index contributed by atoms with van der Waals surface area (Å²) in [6, 6.07) is 6.14. The van der Waals surface area contributed by atoms with Gasteiger partial charge in [0.15, 0.2) is 0 Å². The molecule has 1 atom stereocenters. The molecule has 1 aromatic rings. The minimum Gasteiger partial charge on any atom is -0.374 e. The summed E-state index contributed by atoms with van der Waals surface area (Å²) in [5, 5.41) is 13.1. The second kappa shape index (κ2) is 5.26.